The molecule has 0 N–H and O–H groups in total. The number of carbonyl (C=O) groups is 3. The van der Waals surface area contributed by atoms with Gasteiger partial charge in [-0.15, -0.1) is 11.8 Å². The van der Waals surface area contributed by atoms with Crippen LogP contribution in [0.2, 0.25) is 5.02 Å². The van der Waals surface area contributed by atoms with Gasteiger partial charge >= 0.3 is 0 Å². The summed E-state index contributed by atoms with van der Waals surface area (Å²) in [6, 6.07) is 10.7. The lowest BCUT2D eigenvalue weighted by atomic mass is 10.0. The molecule has 2 aromatic rings. The Bertz CT molecular complexity index is 983. The highest BCUT2D eigenvalue weighted by Gasteiger charge is 2.61. The molecule has 132 valence electrons. The molecule has 2 aliphatic rings. The second-order valence-corrected chi connectivity index (χ2v) is 7.51. The van der Waals surface area contributed by atoms with Gasteiger partial charge in [0, 0.05) is 18.2 Å². The third-order valence-electron chi connectivity index (χ3n) is 4.45. The quantitative estimate of drug-likeness (QED) is 0.749. The van der Waals surface area contributed by atoms with Crippen LogP contribution in [0.3, 0.4) is 0 Å². The lowest BCUT2D eigenvalue weighted by Crippen LogP contribution is -2.50. The van der Waals surface area contributed by atoms with Crippen LogP contribution in [-0.4, -0.2) is 23.5 Å². The summed E-state index contributed by atoms with van der Waals surface area (Å²) in [7, 11) is 0. The number of nitrogens with zero attached hydrogens (tertiary/aromatic N) is 2. The number of carbonyl (C=O) groups excluding carboxylic acids is 3. The van der Waals surface area contributed by atoms with Gasteiger partial charge in [-0.1, -0.05) is 29.8 Å². The molecule has 1 saturated heterocycles. The van der Waals surface area contributed by atoms with Gasteiger partial charge in [0.15, 0.2) is 0 Å². The predicted octanol–water partition coefficient (Wildman–Crippen LogP) is 3.31. The Labute approximate surface area is 157 Å². The number of thioether (sulfide) groups is 1. The van der Waals surface area contributed by atoms with Gasteiger partial charge in [0.2, 0.25) is 16.7 Å². The van der Waals surface area contributed by atoms with Crippen molar-refractivity contribution in [2.75, 3.05) is 15.6 Å². The van der Waals surface area contributed by atoms with Crippen LogP contribution in [0, 0.1) is 5.82 Å². The molecule has 8 heteroatoms. The molecule has 1 spiro atoms. The highest BCUT2D eigenvalue weighted by Crippen LogP contribution is 2.55. The van der Waals surface area contributed by atoms with Gasteiger partial charge in [-0.2, -0.15) is 0 Å². The van der Waals surface area contributed by atoms with E-state index in [9.17, 15) is 18.8 Å². The van der Waals surface area contributed by atoms with Crippen molar-refractivity contribution in [1.82, 2.24) is 0 Å². The zero-order valence-corrected chi connectivity index (χ0v) is 15.1. The number of benzene rings is 2. The van der Waals surface area contributed by atoms with E-state index >= 15 is 0 Å². The van der Waals surface area contributed by atoms with Crippen molar-refractivity contribution in [3.8, 4) is 0 Å². The lowest BCUT2D eigenvalue weighted by Gasteiger charge is -2.33. The number of para-hydroxylation sites is 1. The second-order valence-electron chi connectivity index (χ2n) is 5.94. The highest BCUT2D eigenvalue weighted by atomic mass is 35.5. The van der Waals surface area contributed by atoms with Crippen molar-refractivity contribution >= 4 is 52.5 Å². The first-order valence-electron chi connectivity index (χ1n) is 7.74. The molecule has 0 bridgehead atoms. The minimum atomic E-state index is -1.40. The molecule has 2 heterocycles. The maximum atomic E-state index is 13.6. The Morgan fingerprint density at radius 1 is 1.23 bits per heavy atom. The number of hydrogen-bond acceptors (Lipinski definition) is 4. The zero-order chi connectivity index (χ0) is 18.6. The number of rotatable bonds is 1. The molecular formula is C18H12ClFN2O3S. The van der Waals surface area contributed by atoms with Crippen LogP contribution in [0.5, 0.6) is 0 Å². The van der Waals surface area contributed by atoms with E-state index in [0.29, 0.717) is 16.9 Å². The Morgan fingerprint density at radius 3 is 2.65 bits per heavy atom. The molecule has 2 aliphatic heterocycles. The van der Waals surface area contributed by atoms with Crippen LogP contribution in [0.15, 0.2) is 42.5 Å². The number of anilines is 2. The van der Waals surface area contributed by atoms with E-state index in [-0.39, 0.29) is 16.7 Å². The second kappa shape index (κ2) is 5.82. The van der Waals surface area contributed by atoms with Crippen molar-refractivity contribution in [2.24, 2.45) is 0 Å². The molecule has 0 saturated carbocycles. The maximum absolute atomic E-state index is 13.6. The average molecular weight is 391 g/mol. The van der Waals surface area contributed by atoms with Crippen LogP contribution >= 0.6 is 23.4 Å². The average Bonchev–Trinajstić information content (AvgIpc) is 3.07. The molecule has 1 fully saturated rings. The molecule has 3 amide bonds. The van der Waals surface area contributed by atoms with E-state index in [1.54, 1.807) is 24.3 Å². The first kappa shape index (κ1) is 17.1. The van der Waals surface area contributed by atoms with Gasteiger partial charge < -0.3 is 0 Å². The summed E-state index contributed by atoms with van der Waals surface area (Å²) in [6.07, 6.45) is 0. The van der Waals surface area contributed by atoms with Crippen LogP contribution in [0.4, 0.5) is 15.8 Å². The SMILES string of the molecule is CC(=O)N1C(=O)[C@@]2(SCC(=O)N2c2ccc(F)c(Cl)c2)c2ccccc21. The normalized spacial score (nSPS) is 21.7. The molecule has 5 nitrogen and oxygen atoms in total. The minimum Gasteiger partial charge on any atom is -0.283 e. The molecule has 26 heavy (non-hydrogen) atoms. The molecule has 0 aliphatic carbocycles. The van der Waals surface area contributed by atoms with Crippen LogP contribution in [0.25, 0.3) is 0 Å². The Balaban J connectivity index is 1.96. The summed E-state index contributed by atoms with van der Waals surface area (Å²) in [5, 5.41) is -0.149. The minimum absolute atomic E-state index is 0.0564. The van der Waals surface area contributed by atoms with Crippen LogP contribution in [-0.2, 0) is 19.3 Å². The summed E-state index contributed by atoms with van der Waals surface area (Å²) < 4.78 is 13.6. The predicted molar refractivity (Wildman–Crippen MR) is 97.6 cm³/mol. The molecule has 4 rings (SSSR count). The summed E-state index contributed by atoms with van der Waals surface area (Å²) in [4.78, 5) is 39.1. The smallest absolute Gasteiger partial charge is 0.275 e. The molecule has 0 unspecified atom stereocenters. The van der Waals surface area contributed by atoms with Gasteiger partial charge in [0.05, 0.1) is 16.5 Å². The molecule has 2 aromatic carbocycles. The maximum Gasteiger partial charge on any atom is 0.275 e. The summed E-state index contributed by atoms with van der Waals surface area (Å²) >= 11 is 7.02. The molecule has 1 atom stereocenters. The fraction of sp³-hybridized carbons (Fsp3) is 0.167. The lowest BCUT2D eigenvalue weighted by molar-refractivity contribution is -0.128. The topological polar surface area (TPSA) is 57.7 Å². The van der Waals surface area contributed by atoms with Crippen molar-refractivity contribution in [3.63, 3.8) is 0 Å². The van der Waals surface area contributed by atoms with Gasteiger partial charge in [-0.05, 0) is 24.3 Å². The van der Waals surface area contributed by atoms with E-state index < -0.39 is 22.5 Å². The third kappa shape index (κ3) is 2.13. The standard InChI is InChI=1S/C18H12ClFN2O3S/c1-10(23)21-15-5-3-2-4-12(15)18(17(21)25)22(16(24)9-26-18)11-6-7-14(20)13(19)8-11/h2-8H,9H2,1H3/t18-/m0/s1. The van der Waals surface area contributed by atoms with Crippen LogP contribution < -0.4 is 9.80 Å². The third-order valence-corrected chi connectivity index (χ3v) is 6.12. The fourth-order valence-electron chi connectivity index (χ4n) is 3.42. The summed E-state index contributed by atoms with van der Waals surface area (Å²) in [6.45, 7) is 1.30. The molecule has 0 aromatic heterocycles. The Morgan fingerprint density at radius 2 is 1.96 bits per heavy atom. The Hall–Kier alpha value is -2.38. The van der Waals surface area contributed by atoms with Gasteiger partial charge in [-0.3, -0.25) is 19.3 Å². The summed E-state index contributed by atoms with van der Waals surface area (Å²) in [5.41, 5.74) is 1.31. The number of halogens is 2. The van der Waals surface area contributed by atoms with E-state index in [2.05, 4.69) is 0 Å². The largest absolute Gasteiger partial charge is 0.283 e. The number of imide groups is 1. The fourth-order valence-corrected chi connectivity index (χ4v) is 4.94. The first-order chi connectivity index (χ1) is 12.4. The van der Waals surface area contributed by atoms with Crippen molar-refractivity contribution in [2.45, 2.75) is 11.8 Å². The monoisotopic (exact) mass is 390 g/mol. The number of hydrogen-bond donors (Lipinski definition) is 0. The van der Waals surface area contributed by atoms with Crippen LogP contribution in [0.1, 0.15) is 12.5 Å². The van der Waals surface area contributed by atoms with E-state index in [1.807, 2.05) is 0 Å². The molecule has 0 radical (unpaired) electrons. The number of fused-ring (bicyclic) bond motifs is 2. The summed E-state index contributed by atoms with van der Waals surface area (Å²) in [5.74, 6) is -1.82. The molecular weight excluding hydrogens is 379 g/mol. The highest BCUT2D eigenvalue weighted by molar-refractivity contribution is 8.02. The van der Waals surface area contributed by atoms with Gasteiger partial charge in [0.25, 0.3) is 5.91 Å². The van der Waals surface area contributed by atoms with E-state index in [1.165, 1.54) is 24.0 Å². The van der Waals surface area contributed by atoms with E-state index in [4.69, 9.17) is 11.6 Å². The van der Waals surface area contributed by atoms with E-state index in [0.717, 1.165) is 22.7 Å². The van der Waals surface area contributed by atoms with Crippen molar-refractivity contribution in [3.05, 3.63) is 58.9 Å². The van der Waals surface area contributed by atoms with Crippen molar-refractivity contribution < 1.29 is 18.8 Å². The number of amides is 3. The first-order valence-corrected chi connectivity index (χ1v) is 9.11. The van der Waals surface area contributed by atoms with Gasteiger partial charge in [0.1, 0.15) is 5.82 Å². The Kier molecular flexibility index (Phi) is 3.82. The zero-order valence-electron chi connectivity index (χ0n) is 13.5. The van der Waals surface area contributed by atoms with Crippen molar-refractivity contribution in [1.29, 1.82) is 0 Å². The van der Waals surface area contributed by atoms with Gasteiger partial charge in [-0.25, -0.2) is 9.29 Å².